The van der Waals surface area contributed by atoms with Crippen molar-refractivity contribution in [3.05, 3.63) is 36.3 Å². The van der Waals surface area contributed by atoms with Gasteiger partial charge in [-0.1, -0.05) is 26.5 Å². The van der Waals surface area contributed by atoms with Crippen molar-refractivity contribution in [1.29, 1.82) is 0 Å². The Morgan fingerprint density at radius 2 is 2.04 bits per heavy atom. The topological polar surface area (TPSA) is 78.4 Å². The summed E-state index contributed by atoms with van der Waals surface area (Å²) in [6.45, 7) is 13.7. The third-order valence-electron chi connectivity index (χ3n) is 5.22. The lowest BCUT2D eigenvalue weighted by Crippen LogP contribution is -2.57. The predicted molar refractivity (Wildman–Crippen MR) is 110 cm³/mol. The number of fused-ring (bicyclic) bond motifs is 1. The van der Waals surface area contributed by atoms with Gasteiger partial charge in [0.25, 0.3) is 5.91 Å². The number of hydrogen-bond acceptors (Lipinski definition) is 5. The van der Waals surface area contributed by atoms with E-state index in [-0.39, 0.29) is 23.9 Å². The molecule has 0 radical (unpaired) electrons. The first-order valence-electron chi connectivity index (χ1n) is 9.87. The minimum absolute atomic E-state index is 0.0334. The van der Waals surface area contributed by atoms with Crippen molar-refractivity contribution < 1.29 is 9.59 Å². The molecule has 2 heterocycles. The van der Waals surface area contributed by atoms with Gasteiger partial charge >= 0.3 is 0 Å². The van der Waals surface area contributed by atoms with Crippen LogP contribution in [0.5, 0.6) is 0 Å². The minimum Gasteiger partial charge on any atom is -0.351 e. The van der Waals surface area contributed by atoms with Crippen LogP contribution in [0.25, 0.3) is 5.57 Å². The van der Waals surface area contributed by atoms with Crippen molar-refractivity contribution in [2.75, 3.05) is 24.5 Å². The second-order valence-corrected chi connectivity index (χ2v) is 7.97. The van der Waals surface area contributed by atoms with Gasteiger partial charge in [-0.05, 0) is 25.8 Å². The molecule has 1 aromatic rings. The molecule has 7 nitrogen and oxygen atoms in total. The summed E-state index contributed by atoms with van der Waals surface area (Å²) in [5, 5.41) is 2.93. The molecule has 0 unspecified atom stereocenters. The summed E-state index contributed by atoms with van der Waals surface area (Å²) in [6, 6.07) is 0.143. The Hall–Kier alpha value is -2.70. The second-order valence-electron chi connectivity index (χ2n) is 7.97. The van der Waals surface area contributed by atoms with Gasteiger partial charge in [-0.3, -0.25) is 14.6 Å². The van der Waals surface area contributed by atoms with E-state index in [0.717, 1.165) is 11.5 Å². The van der Waals surface area contributed by atoms with E-state index < -0.39 is 0 Å². The van der Waals surface area contributed by atoms with E-state index in [4.69, 9.17) is 4.98 Å². The summed E-state index contributed by atoms with van der Waals surface area (Å²) in [5.41, 5.74) is 2.10. The number of anilines is 1. The van der Waals surface area contributed by atoms with Crippen LogP contribution in [0.3, 0.4) is 0 Å². The van der Waals surface area contributed by atoms with Crippen LogP contribution in [0, 0.1) is 5.92 Å². The van der Waals surface area contributed by atoms with E-state index in [1.54, 1.807) is 6.20 Å². The van der Waals surface area contributed by atoms with Crippen LogP contribution in [0.4, 0.5) is 5.82 Å². The number of carbonyl (C=O) groups excluding carboxylic acids is 2. The first kappa shape index (κ1) is 20.0. The number of nitrogens with zero attached hydrogens (tertiary/aromatic N) is 4. The Morgan fingerprint density at radius 1 is 1.29 bits per heavy atom. The lowest BCUT2D eigenvalue weighted by molar-refractivity contribution is -0.129. The van der Waals surface area contributed by atoms with Crippen molar-refractivity contribution in [3.8, 4) is 0 Å². The molecule has 3 rings (SSSR count). The van der Waals surface area contributed by atoms with Gasteiger partial charge in [0, 0.05) is 32.1 Å². The summed E-state index contributed by atoms with van der Waals surface area (Å²) in [6.07, 6.45) is 5.67. The van der Waals surface area contributed by atoms with Crippen LogP contribution in [0.1, 0.15) is 39.1 Å². The van der Waals surface area contributed by atoms with E-state index in [1.807, 2.05) is 24.8 Å². The highest BCUT2D eigenvalue weighted by Crippen LogP contribution is 2.28. The summed E-state index contributed by atoms with van der Waals surface area (Å²) in [5.74, 6) is 0.914. The van der Waals surface area contributed by atoms with E-state index in [0.29, 0.717) is 43.2 Å². The number of amides is 2. The Balaban J connectivity index is 1.82. The molecule has 28 heavy (non-hydrogen) atoms. The lowest BCUT2D eigenvalue weighted by atomic mass is 9.99. The number of carbonyl (C=O) groups is 2. The van der Waals surface area contributed by atoms with Gasteiger partial charge in [0.15, 0.2) is 0 Å². The molecule has 1 aromatic heterocycles. The maximum atomic E-state index is 12.5. The van der Waals surface area contributed by atoms with Gasteiger partial charge in [-0.15, -0.1) is 0 Å². The maximum Gasteiger partial charge on any atom is 0.253 e. The lowest BCUT2D eigenvalue weighted by Gasteiger charge is -2.43. The Kier molecular flexibility index (Phi) is 5.82. The zero-order valence-electron chi connectivity index (χ0n) is 17.1. The smallest absolute Gasteiger partial charge is 0.253 e. The normalized spacial score (nSPS) is 18.9. The third kappa shape index (κ3) is 3.93. The van der Waals surface area contributed by atoms with E-state index in [9.17, 15) is 9.59 Å². The molecule has 1 fully saturated rings. The minimum atomic E-state index is -0.110. The van der Waals surface area contributed by atoms with Gasteiger partial charge in [0.05, 0.1) is 29.2 Å². The van der Waals surface area contributed by atoms with Crippen molar-refractivity contribution >= 4 is 23.2 Å². The molecule has 0 bridgehead atoms. The standard InChI is InChI=1S/C21H29N5O2/c1-6-19(27)26-10-9-25(12-17(26)13(2)3)18-11-22-16-8-7-15(20(16)24-18)21(28)23-14(4)5/h6-7,11,13-14,17H,1,8-10,12H2,2-5H3,(H,23,28)/t17-/m0/s1. The first-order chi connectivity index (χ1) is 13.3. The molecule has 150 valence electrons. The number of piperazine rings is 1. The summed E-state index contributed by atoms with van der Waals surface area (Å²) >= 11 is 0. The zero-order chi connectivity index (χ0) is 20.4. The number of aromatic nitrogens is 2. The highest BCUT2D eigenvalue weighted by atomic mass is 16.2. The van der Waals surface area contributed by atoms with Gasteiger partial charge in [-0.2, -0.15) is 0 Å². The van der Waals surface area contributed by atoms with Crippen molar-refractivity contribution in [2.45, 2.75) is 46.2 Å². The summed E-state index contributed by atoms with van der Waals surface area (Å²) < 4.78 is 0. The zero-order valence-corrected chi connectivity index (χ0v) is 17.1. The van der Waals surface area contributed by atoms with Crippen LogP contribution in [-0.2, 0) is 16.0 Å². The predicted octanol–water partition coefficient (Wildman–Crippen LogP) is 1.80. The molecule has 2 amide bonds. The average Bonchev–Trinajstić information content (AvgIpc) is 3.09. The average molecular weight is 383 g/mol. The van der Waals surface area contributed by atoms with E-state index in [2.05, 4.69) is 35.6 Å². The van der Waals surface area contributed by atoms with Crippen molar-refractivity contribution in [3.63, 3.8) is 0 Å². The largest absolute Gasteiger partial charge is 0.351 e. The fraction of sp³-hybridized carbons (Fsp3) is 0.524. The maximum absolute atomic E-state index is 12.5. The van der Waals surface area contributed by atoms with Crippen molar-refractivity contribution in [1.82, 2.24) is 20.2 Å². The van der Waals surface area contributed by atoms with Gasteiger partial charge < -0.3 is 15.1 Å². The SMILES string of the molecule is C=CC(=O)N1CCN(c2cnc3c(n2)C(C(=O)NC(C)C)=CC3)C[C@H]1C(C)C. The number of allylic oxidation sites excluding steroid dienone is 1. The highest BCUT2D eigenvalue weighted by Gasteiger charge is 2.33. The van der Waals surface area contributed by atoms with Crippen LogP contribution in [0.15, 0.2) is 24.9 Å². The van der Waals surface area contributed by atoms with Crippen LogP contribution in [0.2, 0.25) is 0 Å². The number of rotatable bonds is 5. The van der Waals surface area contributed by atoms with E-state index in [1.165, 1.54) is 6.08 Å². The Labute approximate surface area is 166 Å². The quantitative estimate of drug-likeness (QED) is 0.785. The molecule has 0 spiro atoms. The third-order valence-corrected chi connectivity index (χ3v) is 5.22. The summed E-state index contributed by atoms with van der Waals surface area (Å²) in [4.78, 5) is 38.1. The number of nitrogens with one attached hydrogen (secondary N) is 1. The summed E-state index contributed by atoms with van der Waals surface area (Å²) in [7, 11) is 0. The van der Waals surface area contributed by atoms with Gasteiger partial charge in [0.1, 0.15) is 5.82 Å². The Morgan fingerprint density at radius 3 is 2.68 bits per heavy atom. The second kappa shape index (κ2) is 8.12. The molecule has 1 atom stereocenters. The molecule has 7 heteroatoms. The molecule has 1 N–H and O–H groups in total. The number of hydrogen-bond donors (Lipinski definition) is 1. The molecule has 1 aliphatic heterocycles. The first-order valence-corrected chi connectivity index (χ1v) is 9.87. The molecule has 1 saturated heterocycles. The highest BCUT2D eigenvalue weighted by molar-refractivity contribution is 6.20. The van der Waals surface area contributed by atoms with Gasteiger partial charge in [0.2, 0.25) is 5.91 Å². The molecule has 1 aliphatic carbocycles. The fourth-order valence-electron chi connectivity index (χ4n) is 3.74. The van der Waals surface area contributed by atoms with Gasteiger partial charge in [-0.25, -0.2) is 4.98 Å². The van der Waals surface area contributed by atoms with Crippen molar-refractivity contribution in [2.24, 2.45) is 5.92 Å². The molecular weight excluding hydrogens is 354 g/mol. The molecule has 2 aliphatic rings. The molecule has 0 saturated carbocycles. The van der Waals surface area contributed by atoms with E-state index >= 15 is 0 Å². The fourth-order valence-corrected chi connectivity index (χ4v) is 3.74. The van der Waals surface area contributed by atoms with Crippen LogP contribution in [-0.4, -0.2) is 58.4 Å². The monoisotopic (exact) mass is 383 g/mol. The van der Waals surface area contributed by atoms with Crippen LogP contribution >= 0.6 is 0 Å². The Bertz CT molecular complexity index is 815. The molecule has 0 aromatic carbocycles. The van der Waals surface area contributed by atoms with Crippen LogP contribution < -0.4 is 10.2 Å². The molecular formula is C21H29N5O2.